The van der Waals surface area contributed by atoms with Gasteiger partial charge in [-0.3, -0.25) is 4.90 Å². The summed E-state index contributed by atoms with van der Waals surface area (Å²) < 4.78 is 44.7. The van der Waals surface area contributed by atoms with Gasteiger partial charge in [0.15, 0.2) is 0 Å². The Morgan fingerprint density at radius 1 is 1.11 bits per heavy atom. The molecule has 0 spiro atoms. The predicted molar refractivity (Wildman–Crippen MR) is 124 cm³/mol. The SMILES string of the molecule is CC(C)(C)OC(=O)N1C[C@H](OCc2ccccc2)C[C@@H]1[C@H]1OC(=O)N[C@H]1Cc1cc(F)cc(F)c1. The summed E-state index contributed by atoms with van der Waals surface area (Å²) >= 11 is 0. The molecule has 2 amide bonds. The Morgan fingerprint density at radius 2 is 1.80 bits per heavy atom. The summed E-state index contributed by atoms with van der Waals surface area (Å²) in [5.74, 6) is -1.40. The lowest BCUT2D eigenvalue weighted by molar-refractivity contribution is 0.00338. The van der Waals surface area contributed by atoms with Crippen LogP contribution in [0.15, 0.2) is 48.5 Å². The molecule has 0 aromatic heterocycles. The van der Waals surface area contributed by atoms with Crippen molar-refractivity contribution in [3.05, 3.63) is 71.3 Å². The monoisotopic (exact) mass is 488 g/mol. The van der Waals surface area contributed by atoms with Crippen LogP contribution < -0.4 is 5.32 Å². The van der Waals surface area contributed by atoms with Gasteiger partial charge in [0.2, 0.25) is 0 Å². The van der Waals surface area contributed by atoms with Crippen LogP contribution in [0.3, 0.4) is 0 Å². The van der Waals surface area contributed by atoms with Crippen LogP contribution in [0, 0.1) is 11.6 Å². The van der Waals surface area contributed by atoms with Crippen molar-refractivity contribution in [2.24, 2.45) is 0 Å². The second kappa shape index (κ2) is 10.2. The maximum absolute atomic E-state index is 13.7. The number of ether oxygens (including phenoxy) is 3. The molecule has 0 radical (unpaired) electrons. The molecule has 2 saturated heterocycles. The molecule has 2 aliphatic rings. The van der Waals surface area contributed by atoms with E-state index in [1.165, 1.54) is 17.0 Å². The Kier molecular flexibility index (Phi) is 7.25. The summed E-state index contributed by atoms with van der Waals surface area (Å²) in [7, 11) is 0. The maximum atomic E-state index is 13.7. The number of carbonyl (C=O) groups is 2. The molecule has 2 fully saturated rings. The van der Waals surface area contributed by atoms with Gasteiger partial charge in [-0.25, -0.2) is 18.4 Å². The number of halogens is 2. The number of likely N-dealkylation sites (tertiary alicyclic amines) is 1. The van der Waals surface area contributed by atoms with Gasteiger partial charge in [-0.15, -0.1) is 0 Å². The zero-order valence-corrected chi connectivity index (χ0v) is 20.0. The summed E-state index contributed by atoms with van der Waals surface area (Å²) in [5.41, 5.74) is 0.662. The summed E-state index contributed by atoms with van der Waals surface area (Å²) in [6, 6.07) is 11.8. The van der Waals surface area contributed by atoms with E-state index in [4.69, 9.17) is 14.2 Å². The predicted octanol–water partition coefficient (Wildman–Crippen LogP) is 4.58. The Morgan fingerprint density at radius 3 is 2.46 bits per heavy atom. The van der Waals surface area contributed by atoms with Gasteiger partial charge >= 0.3 is 12.2 Å². The van der Waals surface area contributed by atoms with Crippen LogP contribution in [-0.4, -0.2) is 53.5 Å². The van der Waals surface area contributed by atoms with E-state index in [1.54, 1.807) is 20.8 Å². The maximum Gasteiger partial charge on any atom is 0.410 e. The standard InChI is InChI=1S/C26H30F2N2O5/c1-26(2,3)35-25(32)30-14-20(33-15-16-7-5-4-6-8-16)13-22(30)23-21(29-24(31)34-23)11-17-9-18(27)12-19(28)10-17/h4-10,12,20-23H,11,13-15H2,1-3H3,(H,29,31)/t20-,21+,22-,23+/m1/s1. The molecule has 4 rings (SSSR count). The van der Waals surface area contributed by atoms with Crippen LogP contribution in [0.25, 0.3) is 0 Å². The van der Waals surface area contributed by atoms with Gasteiger partial charge in [-0.2, -0.15) is 0 Å². The van der Waals surface area contributed by atoms with E-state index in [2.05, 4.69) is 5.32 Å². The minimum Gasteiger partial charge on any atom is -0.444 e. The first-order chi connectivity index (χ1) is 16.6. The number of alkyl carbamates (subject to hydrolysis) is 1. The van der Waals surface area contributed by atoms with Gasteiger partial charge in [-0.05, 0) is 56.9 Å². The molecule has 0 unspecified atom stereocenters. The fourth-order valence-electron chi connectivity index (χ4n) is 4.55. The zero-order chi connectivity index (χ0) is 25.2. The lowest BCUT2D eigenvalue weighted by atomic mass is 9.95. The van der Waals surface area contributed by atoms with E-state index in [0.717, 1.165) is 11.6 Å². The van der Waals surface area contributed by atoms with Gasteiger partial charge in [0, 0.05) is 6.07 Å². The van der Waals surface area contributed by atoms with Gasteiger partial charge < -0.3 is 19.5 Å². The first-order valence-electron chi connectivity index (χ1n) is 11.6. The average Bonchev–Trinajstić information content (AvgIpc) is 3.34. The Labute approximate surface area is 203 Å². The molecule has 7 nitrogen and oxygen atoms in total. The van der Waals surface area contributed by atoms with E-state index in [9.17, 15) is 18.4 Å². The third kappa shape index (κ3) is 6.48. The van der Waals surface area contributed by atoms with Crippen LogP contribution in [0.4, 0.5) is 18.4 Å². The fraction of sp³-hybridized carbons (Fsp3) is 0.462. The minimum absolute atomic E-state index is 0.138. The molecule has 35 heavy (non-hydrogen) atoms. The summed E-state index contributed by atoms with van der Waals surface area (Å²) in [4.78, 5) is 26.8. The number of cyclic esters (lactones) is 1. The topological polar surface area (TPSA) is 77.1 Å². The molecular weight excluding hydrogens is 458 g/mol. The van der Waals surface area contributed by atoms with Crippen LogP contribution in [0.5, 0.6) is 0 Å². The van der Waals surface area contributed by atoms with Crippen molar-refractivity contribution in [1.82, 2.24) is 10.2 Å². The molecule has 0 aliphatic carbocycles. The van der Waals surface area contributed by atoms with Crippen molar-refractivity contribution in [1.29, 1.82) is 0 Å². The molecule has 2 aromatic rings. The van der Waals surface area contributed by atoms with E-state index >= 15 is 0 Å². The van der Waals surface area contributed by atoms with Crippen LogP contribution in [0.2, 0.25) is 0 Å². The van der Waals surface area contributed by atoms with E-state index in [0.29, 0.717) is 18.6 Å². The highest BCUT2D eigenvalue weighted by atomic mass is 19.1. The van der Waals surface area contributed by atoms with E-state index in [-0.39, 0.29) is 19.1 Å². The molecule has 4 atom stereocenters. The minimum atomic E-state index is -0.744. The van der Waals surface area contributed by atoms with Crippen molar-refractivity contribution >= 4 is 12.2 Å². The zero-order valence-electron chi connectivity index (χ0n) is 20.0. The summed E-state index contributed by atoms with van der Waals surface area (Å²) in [6.45, 7) is 5.96. The number of rotatable bonds is 6. The van der Waals surface area contributed by atoms with Gasteiger partial charge in [0.1, 0.15) is 23.3 Å². The number of hydrogen-bond acceptors (Lipinski definition) is 5. The number of carbonyl (C=O) groups excluding carboxylic acids is 2. The first kappa shape index (κ1) is 24.9. The normalized spacial score (nSPS) is 24.3. The quantitative estimate of drug-likeness (QED) is 0.644. The molecule has 9 heteroatoms. The second-order valence-electron chi connectivity index (χ2n) is 9.96. The largest absolute Gasteiger partial charge is 0.444 e. The number of nitrogens with one attached hydrogen (secondary N) is 1. The number of amides is 2. The van der Waals surface area contributed by atoms with Crippen LogP contribution in [-0.2, 0) is 27.2 Å². The van der Waals surface area contributed by atoms with Crippen molar-refractivity contribution in [2.45, 2.75) is 70.1 Å². The number of hydrogen-bond donors (Lipinski definition) is 1. The molecule has 2 aliphatic heterocycles. The number of benzene rings is 2. The van der Waals surface area contributed by atoms with Gasteiger partial charge in [0.25, 0.3) is 0 Å². The van der Waals surface area contributed by atoms with Gasteiger partial charge in [0.05, 0.1) is 31.3 Å². The van der Waals surface area contributed by atoms with Crippen molar-refractivity contribution in [3.8, 4) is 0 Å². The van der Waals surface area contributed by atoms with Crippen molar-refractivity contribution in [2.75, 3.05) is 6.54 Å². The van der Waals surface area contributed by atoms with E-state index < -0.39 is 47.6 Å². The van der Waals surface area contributed by atoms with Crippen molar-refractivity contribution < 1.29 is 32.6 Å². The van der Waals surface area contributed by atoms with Crippen LogP contribution in [0.1, 0.15) is 38.3 Å². The lowest BCUT2D eigenvalue weighted by Gasteiger charge is -2.32. The highest BCUT2D eigenvalue weighted by Gasteiger charge is 2.49. The Balaban J connectivity index is 1.53. The van der Waals surface area contributed by atoms with Crippen molar-refractivity contribution in [3.63, 3.8) is 0 Å². The summed E-state index contributed by atoms with van der Waals surface area (Å²) in [5, 5.41) is 2.72. The second-order valence-corrected chi connectivity index (χ2v) is 9.96. The average molecular weight is 489 g/mol. The highest BCUT2D eigenvalue weighted by Crippen LogP contribution is 2.31. The number of nitrogens with zero attached hydrogens (tertiary/aromatic N) is 1. The molecule has 2 aromatic carbocycles. The van der Waals surface area contributed by atoms with Gasteiger partial charge in [-0.1, -0.05) is 30.3 Å². The van der Waals surface area contributed by atoms with Crippen LogP contribution >= 0.6 is 0 Å². The third-order valence-electron chi connectivity index (χ3n) is 5.96. The summed E-state index contributed by atoms with van der Waals surface area (Å²) in [6.07, 6.45) is -1.67. The first-order valence-corrected chi connectivity index (χ1v) is 11.6. The third-order valence-corrected chi connectivity index (χ3v) is 5.96. The molecular formula is C26H30F2N2O5. The molecule has 1 N–H and O–H groups in total. The molecule has 2 heterocycles. The Bertz CT molecular complexity index is 1040. The molecule has 188 valence electrons. The Hall–Kier alpha value is -3.20. The lowest BCUT2D eigenvalue weighted by Crippen LogP contribution is -2.50. The molecule has 0 saturated carbocycles. The smallest absolute Gasteiger partial charge is 0.410 e. The van der Waals surface area contributed by atoms with E-state index in [1.807, 2.05) is 30.3 Å². The highest BCUT2D eigenvalue weighted by molar-refractivity contribution is 5.72. The fourth-order valence-corrected chi connectivity index (χ4v) is 4.55. The molecule has 0 bridgehead atoms.